The van der Waals surface area contributed by atoms with E-state index in [9.17, 15) is 4.79 Å². The predicted octanol–water partition coefficient (Wildman–Crippen LogP) is 6.58. The van der Waals surface area contributed by atoms with E-state index in [4.69, 9.17) is 9.47 Å². The first-order valence-electron chi connectivity index (χ1n) is 10.9. The van der Waals surface area contributed by atoms with Crippen LogP contribution in [0.15, 0.2) is 0 Å². The van der Waals surface area contributed by atoms with Crippen LogP contribution in [0.1, 0.15) is 117 Å². The molecule has 0 aromatic heterocycles. The van der Waals surface area contributed by atoms with E-state index in [1.54, 1.807) is 0 Å². The Hall–Kier alpha value is -0.410. The number of ether oxygens (including phenoxy) is 2. The summed E-state index contributed by atoms with van der Waals surface area (Å²) in [7, 11) is 0. The Labute approximate surface area is 156 Å². The average Bonchev–Trinajstić information content (AvgIpc) is 2.57. The first kappa shape index (κ1) is 22.6. The molecule has 3 heteroatoms. The second-order valence-electron chi connectivity index (χ2n) is 8.20. The van der Waals surface area contributed by atoms with Crippen molar-refractivity contribution in [3.8, 4) is 0 Å². The highest BCUT2D eigenvalue weighted by Crippen LogP contribution is 2.28. The van der Waals surface area contributed by atoms with Crippen LogP contribution < -0.4 is 0 Å². The summed E-state index contributed by atoms with van der Waals surface area (Å²) < 4.78 is 11.5. The van der Waals surface area contributed by atoms with Crippen LogP contribution in [0.25, 0.3) is 0 Å². The summed E-state index contributed by atoms with van der Waals surface area (Å²) in [5, 5.41) is 0. The van der Waals surface area contributed by atoms with E-state index in [0.29, 0.717) is 6.42 Å². The molecule has 1 fully saturated rings. The fraction of sp³-hybridized carbons (Fsp3) is 0.955. The molecular weight excluding hydrogens is 312 g/mol. The van der Waals surface area contributed by atoms with Gasteiger partial charge in [-0.1, -0.05) is 90.4 Å². The van der Waals surface area contributed by atoms with E-state index < -0.39 is 5.79 Å². The maximum Gasteiger partial charge on any atom is 0.164 e. The standard InChI is InChI=1S/C22H42O3/c1-4-5-6-7-8-9-10-11-12-13-14-15-16-17-20-18-21(19-23)25-22(2,3)24-20/h19-21H,4-18H2,1-3H3/t20-,21+/m1/s1. The van der Waals surface area contributed by atoms with Gasteiger partial charge in [-0.2, -0.15) is 0 Å². The number of rotatable bonds is 15. The second kappa shape index (κ2) is 13.7. The van der Waals surface area contributed by atoms with Gasteiger partial charge in [0.2, 0.25) is 0 Å². The summed E-state index contributed by atoms with van der Waals surface area (Å²) in [6.45, 7) is 6.08. The first-order valence-corrected chi connectivity index (χ1v) is 10.9. The molecular formula is C22H42O3. The third-order valence-corrected chi connectivity index (χ3v) is 5.16. The zero-order valence-corrected chi connectivity index (χ0v) is 17.1. The van der Waals surface area contributed by atoms with Crippen LogP contribution in [0.2, 0.25) is 0 Å². The highest BCUT2D eigenvalue weighted by molar-refractivity contribution is 5.56. The Morgan fingerprint density at radius 1 is 0.800 bits per heavy atom. The molecule has 0 radical (unpaired) electrons. The molecule has 148 valence electrons. The first-order chi connectivity index (χ1) is 12.1. The number of aldehydes is 1. The third kappa shape index (κ3) is 11.8. The summed E-state index contributed by atoms with van der Waals surface area (Å²) in [6, 6.07) is 0. The highest BCUT2D eigenvalue weighted by atomic mass is 16.7. The van der Waals surface area contributed by atoms with Gasteiger partial charge < -0.3 is 14.3 Å². The largest absolute Gasteiger partial charge is 0.347 e. The summed E-state index contributed by atoms with van der Waals surface area (Å²) in [6.07, 6.45) is 20.4. The van der Waals surface area contributed by atoms with Crippen LogP contribution in [-0.4, -0.2) is 24.3 Å². The summed E-state index contributed by atoms with van der Waals surface area (Å²) in [5.41, 5.74) is 0. The van der Waals surface area contributed by atoms with Crippen LogP contribution in [0.4, 0.5) is 0 Å². The lowest BCUT2D eigenvalue weighted by atomic mass is 10.0. The van der Waals surface area contributed by atoms with Gasteiger partial charge in [0.15, 0.2) is 5.79 Å². The molecule has 0 bridgehead atoms. The summed E-state index contributed by atoms with van der Waals surface area (Å²) >= 11 is 0. The van der Waals surface area contributed by atoms with E-state index in [2.05, 4.69) is 6.92 Å². The highest BCUT2D eigenvalue weighted by Gasteiger charge is 2.34. The van der Waals surface area contributed by atoms with Crippen LogP contribution in [-0.2, 0) is 14.3 Å². The number of carbonyl (C=O) groups excluding carboxylic acids is 1. The monoisotopic (exact) mass is 354 g/mol. The van der Waals surface area contributed by atoms with Gasteiger partial charge in [-0.25, -0.2) is 0 Å². The van der Waals surface area contributed by atoms with Gasteiger partial charge in [0, 0.05) is 6.42 Å². The van der Waals surface area contributed by atoms with Gasteiger partial charge in [-0.3, -0.25) is 0 Å². The molecule has 0 spiro atoms. The molecule has 1 rings (SSSR count). The molecule has 0 saturated carbocycles. The van der Waals surface area contributed by atoms with Crippen molar-refractivity contribution in [1.82, 2.24) is 0 Å². The van der Waals surface area contributed by atoms with Crippen molar-refractivity contribution in [1.29, 1.82) is 0 Å². The number of hydrogen-bond acceptors (Lipinski definition) is 3. The van der Waals surface area contributed by atoms with Gasteiger partial charge in [-0.15, -0.1) is 0 Å². The molecule has 2 atom stereocenters. The maximum atomic E-state index is 11.0. The third-order valence-electron chi connectivity index (χ3n) is 5.16. The zero-order chi connectivity index (χ0) is 18.4. The van der Waals surface area contributed by atoms with Crippen LogP contribution in [0.3, 0.4) is 0 Å². The molecule has 1 aliphatic heterocycles. The molecule has 0 aliphatic carbocycles. The van der Waals surface area contributed by atoms with Crippen LogP contribution in [0, 0.1) is 0 Å². The molecule has 0 amide bonds. The molecule has 0 N–H and O–H groups in total. The van der Waals surface area contributed by atoms with E-state index >= 15 is 0 Å². The Morgan fingerprint density at radius 2 is 1.28 bits per heavy atom. The van der Waals surface area contributed by atoms with Gasteiger partial charge >= 0.3 is 0 Å². The van der Waals surface area contributed by atoms with Crippen molar-refractivity contribution in [2.24, 2.45) is 0 Å². The van der Waals surface area contributed by atoms with E-state index in [-0.39, 0.29) is 12.2 Å². The minimum absolute atomic E-state index is 0.173. The normalized spacial score (nSPS) is 22.8. The topological polar surface area (TPSA) is 35.5 Å². The fourth-order valence-electron chi connectivity index (χ4n) is 3.80. The predicted molar refractivity (Wildman–Crippen MR) is 105 cm³/mol. The molecule has 0 aromatic carbocycles. The average molecular weight is 355 g/mol. The Kier molecular flexibility index (Phi) is 12.4. The Bertz CT molecular complexity index is 327. The SMILES string of the molecule is CCCCCCCCCCCCCCC[C@@H]1C[C@@H](C=O)OC(C)(C)O1. The number of hydrogen-bond donors (Lipinski definition) is 0. The molecule has 1 heterocycles. The van der Waals surface area contributed by atoms with Crippen molar-refractivity contribution in [3.05, 3.63) is 0 Å². The van der Waals surface area contributed by atoms with Crippen molar-refractivity contribution < 1.29 is 14.3 Å². The van der Waals surface area contributed by atoms with E-state index in [1.165, 1.54) is 83.5 Å². The van der Waals surface area contributed by atoms with Crippen molar-refractivity contribution in [2.75, 3.05) is 0 Å². The minimum Gasteiger partial charge on any atom is -0.347 e. The van der Waals surface area contributed by atoms with Crippen molar-refractivity contribution in [3.63, 3.8) is 0 Å². The number of unbranched alkanes of at least 4 members (excludes halogenated alkanes) is 12. The molecule has 3 nitrogen and oxygen atoms in total. The number of carbonyl (C=O) groups is 1. The lowest BCUT2D eigenvalue weighted by Crippen LogP contribution is -2.45. The molecule has 25 heavy (non-hydrogen) atoms. The van der Waals surface area contributed by atoms with E-state index in [1.807, 2.05) is 13.8 Å². The molecule has 0 unspecified atom stereocenters. The summed E-state index contributed by atoms with van der Waals surface area (Å²) in [5.74, 6) is -0.620. The lowest BCUT2D eigenvalue weighted by Gasteiger charge is -2.39. The van der Waals surface area contributed by atoms with Gasteiger partial charge in [0.25, 0.3) is 0 Å². The minimum atomic E-state index is -0.620. The molecule has 1 saturated heterocycles. The smallest absolute Gasteiger partial charge is 0.164 e. The lowest BCUT2D eigenvalue weighted by molar-refractivity contribution is -0.291. The van der Waals surface area contributed by atoms with Gasteiger partial charge in [0.05, 0.1) is 6.10 Å². The fourth-order valence-corrected chi connectivity index (χ4v) is 3.80. The Balaban J connectivity index is 1.89. The Morgan fingerprint density at radius 3 is 1.76 bits per heavy atom. The zero-order valence-electron chi connectivity index (χ0n) is 17.1. The summed E-state index contributed by atoms with van der Waals surface area (Å²) in [4.78, 5) is 11.0. The van der Waals surface area contributed by atoms with E-state index in [0.717, 1.165) is 12.7 Å². The molecule has 0 aromatic rings. The van der Waals surface area contributed by atoms with Gasteiger partial charge in [-0.05, 0) is 20.3 Å². The van der Waals surface area contributed by atoms with Crippen molar-refractivity contribution in [2.45, 2.75) is 135 Å². The molecule has 1 aliphatic rings. The maximum absolute atomic E-state index is 11.0. The van der Waals surface area contributed by atoms with Gasteiger partial charge in [0.1, 0.15) is 12.4 Å². The van der Waals surface area contributed by atoms with Crippen LogP contribution in [0.5, 0.6) is 0 Å². The quantitative estimate of drug-likeness (QED) is 0.246. The van der Waals surface area contributed by atoms with Crippen LogP contribution >= 0.6 is 0 Å². The van der Waals surface area contributed by atoms with Crippen molar-refractivity contribution >= 4 is 6.29 Å². The second-order valence-corrected chi connectivity index (χ2v) is 8.20.